The van der Waals surface area contributed by atoms with E-state index in [1.807, 2.05) is 7.05 Å². The first-order valence-electron chi connectivity index (χ1n) is 8.29. The molecule has 0 spiro atoms. The van der Waals surface area contributed by atoms with Gasteiger partial charge in [0.1, 0.15) is 5.82 Å². The van der Waals surface area contributed by atoms with Crippen LogP contribution in [0.15, 0.2) is 36.4 Å². The lowest BCUT2D eigenvalue weighted by Gasteiger charge is -2.20. The third-order valence-electron chi connectivity index (χ3n) is 4.93. The van der Waals surface area contributed by atoms with Crippen LogP contribution in [-0.2, 0) is 6.54 Å². The maximum absolute atomic E-state index is 13.9. The van der Waals surface area contributed by atoms with E-state index < -0.39 is 0 Å². The molecule has 4 nitrogen and oxygen atoms in total. The highest BCUT2D eigenvalue weighted by Gasteiger charge is 2.38. The summed E-state index contributed by atoms with van der Waals surface area (Å²) >= 11 is 0. The number of amides is 1. The van der Waals surface area contributed by atoms with Crippen molar-refractivity contribution in [3.8, 4) is 0 Å². The molecule has 2 aromatic rings. The van der Waals surface area contributed by atoms with Crippen molar-refractivity contribution < 1.29 is 9.18 Å². The second-order valence-corrected chi connectivity index (χ2v) is 6.46. The van der Waals surface area contributed by atoms with Crippen LogP contribution >= 0.6 is 0 Å². The number of carbonyl (C=O) groups is 1. The van der Waals surface area contributed by atoms with Crippen molar-refractivity contribution in [2.24, 2.45) is 0 Å². The van der Waals surface area contributed by atoms with Gasteiger partial charge in [0.25, 0.3) is 5.91 Å². The maximum atomic E-state index is 13.9. The molecule has 24 heavy (non-hydrogen) atoms. The molecule has 1 amide bonds. The first-order chi connectivity index (χ1) is 11.7. The molecule has 5 heteroatoms. The molecule has 0 radical (unpaired) electrons. The summed E-state index contributed by atoms with van der Waals surface area (Å²) < 4.78 is 13.9. The van der Waals surface area contributed by atoms with Crippen molar-refractivity contribution in [3.63, 3.8) is 0 Å². The second kappa shape index (κ2) is 5.91. The molecule has 2 aromatic carbocycles. The van der Waals surface area contributed by atoms with Crippen LogP contribution in [0.3, 0.4) is 0 Å². The van der Waals surface area contributed by atoms with Gasteiger partial charge >= 0.3 is 0 Å². The highest BCUT2D eigenvalue weighted by atomic mass is 19.1. The first kappa shape index (κ1) is 15.1. The lowest BCUT2D eigenvalue weighted by Crippen LogP contribution is -2.23. The minimum atomic E-state index is -0.378. The van der Waals surface area contributed by atoms with Gasteiger partial charge in [0, 0.05) is 30.3 Å². The van der Waals surface area contributed by atoms with Crippen LogP contribution in [0, 0.1) is 5.82 Å². The topological polar surface area (TPSA) is 53.2 Å². The van der Waals surface area contributed by atoms with Crippen LogP contribution in [0.1, 0.15) is 45.4 Å². The van der Waals surface area contributed by atoms with Crippen molar-refractivity contribution >= 4 is 11.6 Å². The van der Waals surface area contributed by atoms with Crippen LogP contribution in [0.25, 0.3) is 0 Å². The molecular formula is C19H20FN3O. The molecule has 0 fully saturated rings. The summed E-state index contributed by atoms with van der Waals surface area (Å²) in [5, 5.41) is 9.45. The van der Waals surface area contributed by atoms with Gasteiger partial charge in [0.05, 0.1) is 6.04 Å². The molecule has 0 bridgehead atoms. The summed E-state index contributed by atoms with van der Waals surface area (Å²) in [4.78, 5) is 12.2. The Morgan fingerprint density at radius 1 is 1.25 bits per heavy atom. The summed E-state index contributed by atoms with van der Waals surface area (Å²) in [5.41, 5.74) is 4.55. The number of rotatable bonds is 3. The number of halogens is 1. The summed E-state index contributed by atoms with van der Waals surface area (Å²) in [6.45, 7) is 1.44. The molecule has 0 saturated heterocycles. The molecule has 0 aromatic heterocycles. The Labute approximate surface area is 140 Å². The van der Waals surface area contributed by atoms with Gasteiger partial charge < -0.3 is 16.0 Å². The van der Waals surface area contributed by atoms with Crippen molar-refractivity contribution in [1.29, 1.82) is 0 Å². The van der Waals surface area contributed by atoms with E-state index in [2.05, 4.69) is 40.2 Å². The van der Waals surface area contributed by atoms with Gasteiger partial charge in [-0.1, -0.05) is 24.3 Å². The van der Waals surface area contributed by atoms with Crippen molar-refractivity contribution in [3.05, 3.63) is 64.5 Å². The Bertz CT molecular complexity index is 788. The SMILES string of the molecule is CNCc1ccc(C2Nc3cc(F)cc4c3C2CCNC4=O)cc1. The third-order valence-corrected chi connectivity index (χ3v) is 4.93. The van der Waals surface area contributed by atoms with Crippen LogP contribution < -0.4 is 16.0 Å². The molecule has 0 aliphatic carbocycles. The Hall–Kier alpha value is -2.40. The van der Waals surface area contributed by atoms with Gasteiger partial charge in [-0.25, -0.2) is 4.39 Å². The van der Waals surface area contributed by atoms with Crippen molar-refractivity contribution in [1.82, 2.24) is 10.6 Å². The fourth-order valence-corrected chi connectivity index (χ4v) is 3.87. The fourth-order valence-electron chi connectivity index (χ4n) is 3.87. The maximum Gasteiger partial charge on any atom is 0.251 e. The molecule has 2 aliphatic rings. The van der Waals surface area contributed by atoms with Gasteiger partial charge in [-0.15, -0.1) is 0 Å². The normalized spacial score (nSPS) is 21.7. The summed E-state index contributed by atoms with van der Waals surface area (Å²) in [5.74, 6) is -0.387. The predicted molar refractivity (Wildman–Crippen MR) is 91.7 cm³/mol. The van der Waals surface area contributed by atoms with E-state index in [1.165, 1.54) is 17.7 Å². The zero-order valence-corrected chi connectivity index (χ0v) is 13.5. The van der Waals surface area contributed by atoms with E-state index in [0.717, 1.165) is 29.8 Å². The molecule has 4 rings (SSSR count). The Morgan fingerprint density at radius 2 is 2.04 bits per heavy atom. The number of hydrogen-bond acceptors (Lipinski definition) is 3. The summed E-state index contributed by atoms with van der Waals surface area (Å²) in [6.07, 6.45) is 0.841. The molecule has 2 aliphatic heterocycles. The average molecular weight is 325 g/mol. The zero-order chi connectivity index (χ0) is 16.7. The monoisotopic (exact) mass is 325 g/mol. The smallest absolute Gasteiger partial charge is 0.251 e. The Balaban J connectivity index is 1.74. The highest BCUT2D eigenvalue weighted by molar-refractivity contribution is 5.98. The standard InChI is InChI=1S/C19H20FN3O/c1-21-10-11-2-4-12(5-3-11)18-14-6-7-22-19(24)15-8-13(20)9-16(23-18)17(14)15/h2-5,8-9,14,18,21,23H,6-7,10H2,1H3,(H,22,24). The molecule has 3 N–H and O–H groups in total. The van der Waals surface area contributed by atoms with Crippen LogP contribution in [0.2, 0.25) is 0 Å². The van der Waals surface area contributed by atoms with E-state index in [1.54, 1.807) is 0 Å². The van der Waals surface area contributed by atoms with E-state index in [-0.39, 0.29) is 23.7 Å². The van der Waals surface area contributed by atoms with Gasteiger partial charge in [-0.05, 0) is 42.3 Å². The lowest BCUT2D eigenvalue weighted by molar-refractivity contribution is 0.0955. The minimum absolute atomic E-state index is 0.0666. The second-order valence-electron chi connectivity index (χ2n) is 6.46. The largest absolute Gasteiger partial charge is 0.377 e. The number of anilines is 1. The number of nitrogens with one attached hydrogen (secondary N) is 3. The quantitative estimate of drug-likeness (QED) is 0.813. The fraction of sp³-hybridized carbons (Fsp3) is 0.316. The molecule has 124 valence electrons. The summed E-state index contributed by atoms with van der Waals surface area (Å²) in [6, 6.07) is 11.4. The number of hydrogen-bond donors (Lipinski definition) is 3. The number of benzene rings is 2. The van der Waals surface area contributed by atoms with Gasteiger partial charge in [0.2, 0.25) is 0 Å². The predicted octanol–water partition coefficient (Wildman–Crippen LogP) is 2.93. The van der Waals surface area contributed by atoms with E-state index in [4.69, 9.17) is 0 Å². The lowest BCUT2D eigenvalue weighted by atomic mass is 9.86. The summed E-state index contributed by atoms with van der Waals surface area (Å²) in [7, 11) is 1.93. The molecule has 2 atom stereocenters. The van der Waals surface area contributed by atoms with Crippen LogP contribution in [-0.4, -0.2) is 19.5 Å². The number of carbonyl (C=O) groups excluding carboxylic acids is 1. The van der Waals surface area contributed by atoms with E-state index in [9.17, 15) is 9.18 Å². The minimum Gasteiger partial charge on any atom is -0.377 e. The van der Waals surface area contributed by atoms with Crippen LogP contribution in [0.4, 0.5) is 10.1 Å². The molecule has 2 heterocycles. The van der Waals surface area contributed by atoms with Crippen molar-refractivity contribution in [2.45, 2.75) is 24.9 Å². The van der Waals surface area contributed by atoms with E-state index >= 15 is 0 Å². The van der Waals surface area contributed by atoms with Gasteiger partial charge in [0.15, 0.2) is 0 Å². The van der Waals surface area contributed by atoms with Gasteiger partial charge in [-0.3, -0.25) is 4.79 Å². The Kier molecular flexibility index (Phi) is 3.73. The highest BCUT2D eigenvalue weighted by Crippen LogP contribution is 2.48. The Morgan fingerprint density at radius 3 is 2.79 bits per heavy atom. The molecule has 0 saturated carbocycles. The van der Waals surface area contributed by atoms with Gasteiger partial charge in [-0.2, -0.15) is 0 Å². The first-order valence-corrected chi connectivity index (χ1v) is 8.29. The van der Waals surface area contributed by atoms with Crippen LogP contribution in [0.5, 0.6) is 0 Å². The van der Waals surface area contributed by atoms with Crippen molar-refractivity contribution in [2.75, 3.05) is 18.9 Å². The molecular weight excluding hydrogens is 305 g/mol. The zero-order valence-electron chi connectivity index (χ0n) is 13.5. The average Bonchev–Trinajstić information content (AvgIpc) is 2.84. The van der Waals surface area contributed by atoms with E-state index in [0.29, 0.717) is 12.1 Å². The molecule has 2 unspecified atom stereocenters. The third kappa shape index (κ3) is 2.45.